The predicted molar refractivity (Wildman–Crippen MR) is 85.3 cm³/mol. The van der Waals surface area contributed by atoms with E-state index >= 15 is 0 Å². The first-order valence-electron chi connectivity index (χ1n) is 7.51. The number of carbonyl (C=O) groups excluding carboxylic acids is 1. The molecule has 3 unspecified atom stereocenters. The summed E-state index contributed by atoms with van der Waals surface area (Å²) in [6.45, 7) is 3.45. The predicted octanol–water partition coefficient (Wildman–Crippen LogP) is 1.51. The van der Waals surface area contributed by atoms with Gasteiger partial charge in [0.05, 0.1) is 18.2 Å². The van der Waals surface area contributed by atoms with Crippen LogP contribution in [0.3, 0.4) is 0 Å². The van der Waals surface area contributed by atoms with Crippen molar-refractivity contribution >= 4 is 17.7 Å². The SMILES string of the molecule is CC1CN(C(=O)C2CSCN2)CC(Cc2ccccc2)O1. The van der Waals surface area contributed by atoms with Gasteiger partial charge >= 0.3 is 0 Å². The fourth-order valence-electron chi connectivity index (χ4n) is 2.99. The van der Waals surface area contributed by atoms with Gasteiger partial charge in [-0.2, -0.15) is 0 Å². The number of amides is 1. The van der Waals surface area contributed by atoms with Gasteiger partial charge in [-0.25, -0.2) is 0 Å². The van der Waals surface area contributed by atoms with E-state index in [9.17, 15) is 4.79 Å². The summed E-state index contributed by atoms with van der Waals surface area (Å²) in [6.07, 6.45) is 1.06. The molecule has 0 saturated carbocycles. The summed E-state index contributed by atoms with van der Waals surface area (Å²) in [5, 5.41) is 3.26. The molecule has 0 aliphatic carbocycles. The summed E-state index contributed by atoms with van der Waals surface area (Å²) in [4.78, 5) is 14.5. The van der Waals surface area contributed by atoms with Gasteiger partial charge in [-0.05, 0) is 12.5 Å². The quantitative estimate of drug-likeness (QED) is 0.919. The van der Waals surface area contributed by atoms with Crippen LogP contribution >= 0.6 is 11.8 Å². The third-order valence-corrected chi connectivity index (χ3v) is 4.90. The molecule has 0 radical (unpaired) electrons. The third kappa shape index (κ3) is 3.78. The first-order chi connectivity index (χ1) is 10.2. The fraction of sp³-hybridized carbons (Fsp3) is 0.562. The van der Waals surface area contributed by atoms with E-state index in [1.807, 2.05) is 30.0 Å². The van der Waals surface area contributed by atoms with Crippen molar-refractivity contribution in [3.8, 4) is 0 Å². The maximum absolute atomic E-state index is 12.5. The zero-order chi connectivity index (χ0) is 14.7. The van der Waals surface area contributed by atoms with Crippen LogP contribution < -0.4 is 5.32 Å². The van der Waals surface area contributed by atoms with Crippen LogP contribution in [0.2, 0.25) is 0 Å². The smallest absolute Gasteiger partial charge is 0.240 e. The first kappa shape index (κ1) is 14.9. The molecule has 1 aromatic rings. The summed E-state index contributed by atoms with van der Waals surface area (Å²) in [6, 6.07) is 10.3. The Morgan fingerprint density at radius 3 is 2.90 bits per heavy atom. The van der Waals surface area contributed by atoms with Crippen LogP contribution in [-0.4, -0.2) is 53.8 Å². The summed E-state index contributed by atoms with van der Waals surface area (Å²) >= 11 is 1.79. The van der Waals surface area contributed by atoms with Gasteiger partial charge in [0.2, 0.25) is 5.91 Å². The molecule has 3 atom stereocenters. The highest BCUT2D eigenvalue weighted by Gasteiger charge is 2.33. The minimum Gasteiger partial charge on any atom is -0.371 e. The van der Waals surface area contributed by atoms with Crippen LogP contribution in [0.5, 0.6) is 0 Å². The Labute approximate surface area is 130 Å². The number of nitrogens with zero attached hydrogens (tertiary/aromatic N) is 1. The second kappa shape index (κ2) is 6.81. The first-order valence-corrected chi connectivity index (χ1v) is 8.67. The number of benzene rings is 1. The Bertz CT molecular complexity index is 476. The van der Waals surface area contributed by atoms with Crippen LogP contribution in [0.15, 0.2) is 30.3 Å². The molecule has 0 aromatic heterocycles. The van der Waals surface area contributed by atoms with Gasteiger partial charge < -0.3 is 9.64 Å². The number of hydrogen-bond acceptors (Lipinski definition) is 4. The van der Waals surface area contributed by atoms with Crippen LogP contribution in [0.1, 0.15) is 12.5 Å². The second-order valence-electron chi connectivity index (χ2n) is 5.77. The van der Waals surface area contributed by atoms with Crippen molar-refractivity contribution in [3.63, 3.8) is 0 Å². The molecule has 1 amide bonds. The Morgan fingerprint density at radius 2 is 2.19 bits per heavy atom. The zero-order valence-electron chi connectivity index (χ0n) is 12.3. The molecule has 3 rings (SSSR count). The Balaban J connectivity index is 1.62. The molecular formula is C16H22N2O2S. The highest BCUT2D eigenvalue weighted by molar-refractivity contribution is 7.99. The van der Waals surface area contributed by atoms with Crippen molar-refractivity contribution in [2.75, 3.05) is 24.7 Å². The molecular weight excluding hydrogens is 284 g/mol. The van der Waals surface area contributed by atoms with Crippen LogP contribution in [0.25, 0.3) is 0 Å². The maximum Gasteiger partial charge on any atom is 0.240 e. The van der Waals surface area contributed by atoms with Gasteiger partial charge in [0.15, 0.2) is 0 Å². The third-order valence-electron chi connectivity index (χ3n) is 3.96. The Kier molecular flexibility index (Phi) is 4.83. The molecule has 1 N–H and O–H groups in total. The van der Waals surface area contributed by atoms with Crippen molar-refractivity contribution in [1.29, 1.82) is 0 Å². The van der Waals surface area contributed by atoms with Crippen molar-refractivity contribution < 1.29 is 9.53 Å². The van der Waals surface area contributed by atoms with Crippen LogP contribution in [-0.2, 0) is 16.0 Å². The number of ether oxygens (including phenoxy) is 1. The summed E-state index contributed by atoms with van der Waals surface area (Å²) < 4.78 is 6.01. The van der Waals surface area contributed by atoms with Gasteiger partial charge in [0.25, 0.3) is 0 Å². The lowest BCUT2D eigenvalue weighted by atomic mass is 10.1. The maximum atomic E-state index is 12.5. The second-order valence-corrected chi connectivity index (χ2v) is 6.80. The lowest BCUT2D eigenvalue weighted by Gasteiger charge is -2.38. The standard InChI is InChI=1S/C16H22N2O2S/c1-12-8-18(16(19)15-10-21-11-17-15)9-14(20-12)7-13-5-3-2-4-6-13/h2-6,12,14-15,17H,7-11H2,1H3. The van der Waals surface area contributed by atoms with E-state index in [4.69, 9.17) is 4.74 Å². The monoisotopic (exact) mass is 306 g/mol. The number of rotatable bonds is 3. The average Bonchev–Trinajstić information content (AvgIpc) is 3.01. The molecule has 4 nitrogen and oxygen atoms in total. The molecule has 2 aliphatic heterocycles. The molecule has 1 aromatic carbocycles. The van der Waals surface area contributed by atoms with E-state index in [0.29, 0.717) is 13.1 Å². The number of carbonyl (C=O) groups is 1. The minimum absolute atomic E-state index is 0.0160. The fourth-order valence-corrected chi connectivity index (χ4v) is 3.92. The van der Waals surface area contributed by atoms with Crippen LogP contribution in [0, 0.1) is 0 Å². The average molecular weight is 306 g/mol. The molecule has 2 saturated heterocycles. The van der Waals surface area contributed by atoms with Gasteiger partial charge in [0, 0.05) is 31.1 Å². The van der Waals surface area contributed by atoms with E-state index in [2.05, 4.69) is 17.4 Å². The van der Waals surface area contributed by atoms with Gasteiger partial charge in [-0.1, -0.05) is 30.3 Å². The number of nitrogens with one attached hydrogen (secondary N) is 1. The zero-order valence-corrected chi connectivity index (χ0v) is 13.1. The van der Waals surface area contributed by atoms with E-state index in [-0.39, 0.29) is 24.2 Å². The molecule has 114 valence electrons. The van der Waals surface area contributed by atoms with Gasteiger partial charge in [0.1, 0.15) is 0 Å². The highest BCUT2D eigenvalue weighted by atomic mass is 32.2. The lowest BCUT2D eigenvalue weighted by Crippen LogP contribution is -2.54. The summed E-state index contributed by atoms with van der Waals surface area (Å²) in [7, 11) is 0. The highest BCUT2D eigenvalue weighted by Crippen LogP contribution is 2.19. The van der Waals surface area contributed by atoms with Gasteiger partial charge in [-0.3, -0.25) is 10.1 Å². The molecule has 5 heteroatoms. The minimum atomic E-state index is -0.0160. The molecule has 2 aliphatic rings. The normalized spacial score (nSPS) is 29.6. The number of morpholine rings is 1. The molecule has 2 heterocycles. The van der Waals surface area contributed by atoms with Crippen molar-refractivity contribution in [2.45, 2.75) is 31.6 Å². The Morgan fingerprint density at radius 1 is 1.38 bits per heavy atom. The number of hydrogen-bond donors (Lipinski definition) is 1. The van der Waals surface area contributed by atoms with E-state index in [1.54, 1.807) is 11.8 Å². The number of thioether (sulfide) groups is 1. The van der Waals surface area contributed by atoms with E-state index in [1.165, 1.54) is 5.56 Å². The topological polar surface area (TPSA) is 41.6 Å². The Hall–Kier alpha value is -1.04. The molecule has 0 spiro atoms. The summed E-state index contributed by atoms with van der Waals surface area (Å²) in [5.74, 6) is 1.99. The molecule has 0 bridgehead atoms. The molecule has 21 heavy (non-hydrogen) atoms. The van der Waals surface area contributed by atoms with E-state index in [0.717, 1.165) is 18.1 Å². The van der Waals surface area contributed by atoms with Crippen LogP contribution in [0.4, 0.5) is 0 Å². The van der Waals surface area contributed by atoms with Crippen molar-refractivity contribution in [3.05, 3.63) is 35.9 Å². The van der Waals surface area contributed by atoms with Gasteiger partial charge in [-0.15, -0.1) is 11.8 Å². The molecule has 2 fully saturated rings. The van der Waals surface area contributed by atoms with E-state index < -0.39 is 0 Å². The van der Waals surface area contributed by atoms with Crippen molar-refractivity contribution in [2.24, 2.45) is 0 Å². The lowest BCUT2D eigenvalue weighted by molar-refractivity contribution is -0.145. The van der Waals surface area contributed by atoms with Crippen molar-refractivity contribution in [1.82, 2.24) is 10.2 Å². The largest absolute Gasteiger partial charge is 0.371 e. The summed E-state index contributed by atoms with van der Waals surface area (Å²) in [5.41, 5.74) is 1.26.